The normalized spacial score (nSPS) is 16.0. The third-order valence-corrected chi connectivity index (χ3v) is 7.46. The Bertz CT molecular complexity index is 1680. The highest BCUT2D eigenvalue weighted by Crippen LogP contribution is 2.42. The van der Waals surface area contributed by atoms with Crippen LogP contribution in [-0.2, 0) is 4.79 Å². The first-order chi connectivity index (χ1) is 21.1. The van der Waals surface area contributed by atoms with Gasteiger partial charge in [-0.05, 0) is 104 Å². The number of carbonyl (C=O) groups excluding carboxylic acids is 1. The molecule has 216 valence electrons. The minimum atomic E-state index is -0.240. The minimum Gasteiger partial charge on any atom is -0.494 e. The molecule has 1 fully saturated rings. The second kappa shape index (κ2) is 12.8. The fourth-order valence-corrected chi connectivity index (χ4v) is 5.59. The third-order valence-electron chi connectivity index (χ3n) is 7.15. The molecule has 43 heavy (non-hydrogen) atoms. The van der Waals surface area contributed by atoms with Gasteiger partial charge in [-0.3, -0.25) is 9.78 Å². The monoisotopic (exact) mass is 589 g/mol. The highest BCUT2D eigenvalue weighted by atomic mass is 32.1. The number of nitrogens with zero attached hydrogens (tertiary/aromatic N) is 3. The van der Waals surface area contributed by atoms with E-state index >= 15 is 0 Å². The molecule has 9 heteroatoms. The van der Waals surface area contributed by atoms with Gasteiger partial charge in [0.15, 0.2) is 11.7 Å². The quantitative estimate of drug-likeness (QED) is 0.181. The van der Waals surface area contributed by atoms with E-state index < -0.39 is 0 Å². The molecule has 1 saturated heterocycles. The van der Waals surface area contributed by atoms with Gasteiger partial charge >= 0.3 is 0 Å². The predicted molar refractivity (Wildman–Crippen MR) is 172 cm³/mol. The second-order valence-electron chi connectivity index (χ2n) is 9.92. The van der Waals surface area contributed by atoms with Crippen LogP contribution in [0.2, 0.25) is 0 Å². The lowest BCUT2D eigenvalue weighted by molar-refractivity contribution is -0.118. The summed E-state index contributed by atoms with van der Waals surface area (Å²) in [5, 5.41) is 7.01. The standard InChI is InChI=1S/C34H31N5O3S/c1-2-41-28-19-17-25(18-20-28)38-22-8-12-30(38)33-32(29-11-6-7-21-35-29)37-34(43)39(33)26-15-13-24(14-16-26)36-31(40)23-42-27-9-4-3-5-10-27/h3-22,32-33H,2,23H2,1H3,(H,36,40)(H,37,43)/t32-,33+/m0/s1. The minimum absolute atomic E-state index is 0.0811. The molecule has 0 bridgehead atoms. The Morgan fingerprint density at radius 1 is 0.860 bits per heavy atom. The van der Waals surface area contributed by atoms with E-state index in [0.717, 1.165) is 28.5 Å². The topological polar surface area (TPSA) is 80.7 Å². The molecule has 0 radical (unpaired) electrons. The van der Waals surface area contributed by atoms with Crippen LogP contribution in [0.3, 0.4) is 0 Å². The van der Waals surface area contributed by atoms with Crippen LogP contribution in [-0.4, -0.2) is 33.8 Å². The number of hydrogen-bond acceptors (Lipinski definition) is 5. The third kappa shape index (κ3) is 6.22. The van der Waals surface area contributed by atoms with Crippen molar-refractivity contribution >= 4 is 34.6 Å². The van der Waals surface area contributed by atoms with Gasteiger partial charge in [-0.1, -0.05) is 24.3 Å². The van der Waals surface area contributed by atoms with Crippen LogP contribution < -0.4 is 25.0 Å². The van der Waals surface area contributed by atoms with Crippen molar-refractivity contribution in [2.75, 3.05) is 23.4 Å². The highest BCUT2D eigenvalue weighted by molar-refractivity contribution is 7.80. The number of ether oxygens (including phenoxy) is 2. The molecule has 5 aromatic rings. The molecule has 1 aliphatic heterocycles. The fraction of sp³-hybridized carbons (Fsp3) is 0.147. The van der Waals surface area contributed by atoms with Crippen LogP contribution in [0.1, 0.15) is 30.4 Å². The Kier molecular flexibility index (Phi) is 8.33. The highest BCUT2D eigenvalue weighted by Gasteiger charge is 2.42. The van der Waals surface area contributed by atoms with E-state index in [1.807, 2.05) is 110 Å². The van der Waals surface area contributed by atoms with E-state index in [0.29, 0.717) is 23.2 Å². The van der Waals surface area contributed by atoms with E-state index in [-0.39, 0.29) is 24.6 Å². The first kappa shape index (κ1) is 28.0. The zero-order valence-corrected chi connectivity index (χ0v) is 24.4. The van der Waals surface area contributed by atoms with Gasteiger partial charge in [-0.15, -0.1) is 0 Å². The first-order valence-electron chi connectivity index (χ1n) is 14.1. The van der Waals surface area contributed by atoms with Crippen LogP contribution in [0.25, 0.3) is 5.69 Å². The van der Waals surface area contributed by atoms with Gasteiger partial charge in [0.1, 0.15) is 17.5 Å². The number of benzene rings is 3. The van der Waals surface area contributed by atoms with Crippen molar-refractivity contribution in [3.8, 4) is 17.2 Å². The Hall–Kier alpha value is -5.15. The van der Waals surface area contributed by atoms with Crippen molar-refractivity contribution < 1.29 is 14.3 Å². The molecular formula is C34H31N5O3S. The van der Waals surface area contributed by atoms with Gasteiger partial charge in [0, 0.05) is 35.1 Å². The summed E-state index contributed by atoms with van der Waals surface area (Å²) < 4.78 is 13.4. The van der Waals surface area contributed by atoms with Gasteiger partial charge < -0.3 is 29.6 Å². The zero-order valence-electron chi connectivity index (χ0n) is 23.6. The summed E-state index contributed by atoms with van der Waals surface area (Å²) in [5.74, 6) is 1.23. The van der Waals surface area contributed by atoms with Crippen molar-refractivity contribution in [3.63, 3.8) is 0 Å². The maximum atomic E-state index is 12.5. The summed E-state index contributed by atoms with van der Waals surface area (Å²) in [5.41, 5.74) is 4.50. The summed E-state index contributed by atoms with van der Waals surface area (Å²) in [6.07, 6.45) is 3.85. The SMILES string of the molecule is CCOc1ccc(-n2cccc2[C@@H]2[C@H](c3ccccn3)NC(=S)N2c2ccc(NC(=O)COc3ccccc3)cc2)cc1. The van der Waals surface area contributed by atoms with Crippen LogP contribution in [0.4, 0.5) is 11.4 Å². The summed E-state index contributed by atoms with van der Waals surface area (Å²) in [4.78, 5) is 19.3. The van der Waals surface area contributed by atoms with Crippen molar-refractivity contribution in [3.05, 3.63) is 133 Å². The molecule has 3 heterocycles. The molecule has 1 amide bonds. The predicted octanol–water partition coefficient (Wildman–Crippen LogP) is 6.47. The second-order valence-corrected chi connectivity index (χ2v) is 10.3. The maximum absolute atomic E-state index is 12.5. The lowest BCUT2D eigenvalue weighted by Gasteiger charge is -2.29. The Balaban J connectivity index is 1.28. The van der Waals surface area contributed by atoms with Crippen molar-refractivity contribution in [1.82, 2.24) is 14.9 Å². The summed E-state index contributed by atoms with van der Waals surface area (Å²) in [6, 6.07) is 34.6. The summed E-state index contributed by atoms with van der Waals surface area (Å²) in [7, 11) is 0. The van der Waals surface area contributed by atoms with Crippen LogP contribution in [0.15, 0.2) is 122 Å². The molecule has 2 aromatic heterocycles. The largest absolute Gasteiger partial charge is 0.494 e. The van der Waals surface area contributed by atoms with E-state index in [2.05, 4.69) is 37.3 Å². The summed E-state index contributed by atoms with van der Waals surface area (Å²) in [6.45, 7) is 2.51. The van der Waals surface area contributed by atoms with E-state index in [4.69, 9.17) is 21.7 Å². The molecule has 1 aliphatic rings. The van der Waals surface area contributed by atoms with Gasteiger partial charge in [-0.2, -0.15) is 0 Å². The van der Waals surface area contributed by atoms with Gasteiger partial charge in [-0.25, -0.2) is 0 Å². The Morgan fingerprint density at radius 2 is 1.58 bits per heavy atom. The van der Waals surface area contributed by atoms with Crippen molar-refractivity contribution in [2.24, 2.45) is 0 Å². The number of aromatic nitrogens is 2. The number of amides is 1. The lowest BCUT2D eigenvalue weighted by atomic mass is 10.0. The molecule has 0 aliphatic carbocycles. The molecule has 3 aromatic carbocycles. The fourth-order valence-electron chi connectivity index (χ4n) is 5.24. The Labute approximate surface area is 255 Å². The average Bonchev–Trinajstić information content (AvgIpc) is 3.66. The van der Waals surface area contributed by atoms with Crippen molar-refractivity contribution in [2.45, 2.75) is 19.0 Å². The van der Waals surface area contributed by atoms with E-state index in [9.17, 15) is 4.79 Å². The van der Waals surface area contributed by atoms with Gasteiger partial charge in [0.05, 0.1) is 18.3 Å². The molecular weight excluding hydrogens is 558 g/mol. The van der Waals surface area contributed by atoms with Crippen LogP contribution >= 0.6 is 12.2 Å². The average molecular weight is 590 g/mol. The molecule has 2 N–H and O–H groups in total. The van der Waals surface area contributed by atoms with Crippen molar-refractivity contribution in [1.29, 1.82) is 0 Å². The van der Waals surface area contributed by atoms with E-state index in [1.54, 1.807) is 6.20 Å². The molecule has 0 spiro atoms. The zero-order chi connectivity index (χ0) is 29.6. The lowest BCUT2D eigenvalue weighted by Crippen LogP contribution is -2.30. The number of carbonyl (C=O) groups is 1. The number of anilines is 2. The van der Waals surface area contributed by atoms with Gasteiger partial charge in [0.25, 0.3) is 5.91 Å². The molecule has 8 nitrogen and oxygen atoms in total. The number of para-hydroxylation sites is 1. The smallest absolute Gasteiger partial charge is 0.262 e. The number of nitrogens with one attached hydrogen (secondary N) is 2. The number of pyridine rings is 1. The number of rotatable bonds is 10. The van der Waals surface area contributed by atoms with Crippen LogP contribution in [0.5, 0.6) is 11.5 Å². The van der Waals surface area contributed by atoms with Gasteiger partial charge in [0.2, 0.25) is 0 Å². The van der Waals surface area contributed by atoms with Crippen LogP contribution in [0, 0.1) is 0 Å². The molecule has 0 unspecified atom stereocenters. The number of thiocarbonyl (C=S) groups is 1. The van der Waals surface area contributed by atoms with E-state index in [1.165, 1.54) is 0 Å². The molecule has 0 saturated carbocycles. The first-order valence-corrected chi connectivity index (χ1v) is 14.5. The molecule has 2 atom stereocenters. The maximum Gasteiger partial charge on any atom is 0.262 e. The molecule has 6 rings (SSSR count). The number of hydrogen-bond donors (Lipinski definition) is 2. The Morgan fingerprint density at radius 3 is 2.30 bits per heavy atom. The summed E-state index contributed by atoms with van der Waals surface area (Å²) >= 11 is 5.92.